The topological polar surface area (TPSA) is 69.5 Å². The number of hydrogen-bond acceptors (Lipinski definition) is 6. The molecule has 0 bridgehead atoms. The van der Waals surface area contributed by atoms with E-state index in [9.17, 15) is 4.79 Å². The van der Waals surface area contributed by atoms with Crippen molar-refractivity contribution >= 4 is 5.97 Å². The first-order chi connectivity index (χ1) is 9.10. The Morgan fingerprint density at radius 1 is 1.37 bits per heavy atom. The van der Waals surface area contributed by atoms with Crippen molar-refractivity contribution in [3.8, 4) is 0 Å². The second-order valence-corrected chi connectivity index (χ2v) is 4.24. The fourth-order valence-corrected chi connectivity index (χ4v) is 1.62. The Morgan fingerprint density at radius 2 is 2.11 bits per heavy atom. The van der Waals surface area contributed by atoms with E-state index < -0.39 is 5.97 Å². The summed E-state index contributed by atoms with van der Waals surface area (Å²) >= 11 is 0. The molecule has 1 heterocycles. The lowest BCUT2D eigenvalue weighted by molar-refractivity contribution is 0.0504. The summed E-state index contributed by atoms with van der Waals surface area (Å²) in [5.74, 6) is 0.547. The second kappa shape index (κ2) is 7.85. The van der Waals surface area contributed by atoms with E-state index in [1.807, 2.05) is 14.0 Å². The molecule has 0 saturated heterocycles. The Labute approximate surface area is 113 Å². The molecule has 0 amide bonds. The lowest BCUT2D eigenvalue weighted by Gasteiger charge is -2.17. The molecule has 0 atom stereocenters. The van der Waals surface area contributed by atoms with Crippen molar-refractivity contribution in [3.05, 3.63) is 11.6 Å². The third-order valence-corrected chi connectivity index (χ3v) is 2.78. The number of aryl methyl sites for hydroxylation is 1. The number of carbonyl (C=O) groups excluding carboxylic acids is 1. The lowest BCUT2D eigenvalue weighted by Crippen LogP contribution is -2.28. The fourth-order valence-electron chi connectivity index (χ4n) is 1.62. The van der Waals surface area contributed by atoms with Gasteiger partial charge in [0.2, 0.25) is 5.82 Å². The van der Waals surface area contributed by atoms with E-state index in [2.05, 4.69) is 15.1 Å². The third kappa shape index (κ3) is 4.60. The maximum absolute atomic E-state index is 11.7. The van der Waals surface area contributed by atoms with Crippen LogP contribution in [-0.4, -0.2) is 66.1 Å². The zero-order chi connectivity index (χ0) is 14.3. The van der Waals surface area contributed by atoms with Gasteiger partial charge in [-0.15, -0.1) is 10.2 Å². The van der Waals surface area contributed by atoms with Crippen molar-refractivity contribution in [2.45, 2.75) is 20.4 Å². The van der Waals surface area contributed by atoms with Gasteiger partial charge in [0.05, 0.1) is 13.2 Å². The summed E-state index contributed by atoms with van der Waals surface area (Å²) in [6.07, 6.45) is 0. The van der Waals surface area contributed by atoms with Crippen LogP contribution >= 0.6 is 0 Å². The molecule has 0 radical (unpaired) electrons. The lowest BCUT2D eigenvalue weighted by atomic mass is 10.4. The number of aromatic nitrogens is 3. The summed E-state index contributed by atoms with van der Waals surface area (Å²) in [4.78, 5) is 13.8. The minimum atomic E-state index is -0.428. The normalized spacial score (nSPS) is 11.0. The van der Waals surface area contributed by atoms with Gasteiger partial charge >= 0.3 is 5.97 Å². The van der Waals surface area contributed by atoms with Gasteiger partial charge in [-0.25, -0.2) is 4.79 Å². The average Bonchev–Trinajstić information content (AvgIpc) is 2.75. The smallest absolute Gasteiger partial charge is 0.376 e. The van der Waals surface area contributed by atoms with Crippen LogP contribution in [0, 0.1) is 6.92 Å². The first-order valence-corrected chi connectivity index (χ1v) is 6.34. The van der Waals surface area contributed by atoms with E-state index in [1.54, 1.807) is 18.6 Å². The Kier molecular flexibility index (Phi) is 6.44. The predicted molar refractivity (Wildman–Crippen MR) is 70.1 cm³/mol. The minimum absolute atomic E-state index is 0.263. The highest BCUT2D eigenvalue weighted by Gasteiger charge is 2.17. The number of carbonyl (C=O) groups is 1. The molecule has 0 aliphatic carbocycles. The average molecular weight is 270 g/mol. The maximum Gasteiger partial charge on any atom is 0.376 e. The monoisotopic (exact) mass is 270 g/mol. The summed E-state index contributed by atoms with van der Waals surface area (Å²) in [6, 6.07) is 0. The van der Waals surface area contributed by atoms with Crippen molar-refractivity contribution < 1.29 is 14.3 Å². The summed E-state index contributed by atoms with van der Waals surface area (Å²) in [6.45, 7) is 6.88. The third-order valence-electron chi connectivity index (χ3n) is 2.78. The SMILES string of the molecule is CCOC(=O)c1nnc(C)n1CCN(C)CCOC. The van der Waals surface area contributed by atoms with Gasteiger partial charge in [0, 0.05) is 26.7 Å². The number of esters is 1. The molecule has 0 spiro atoms. The van der Waals surface area contributed by atoms with E-state index in [4.69, 9.17) is 9.47 Å². The molecule has 1 aromatic heterocycles. The molecule has 7 heteroatoms. The van der Waals surface area contributed by atoms with Crippen LogP contribution in [0.25, 0.3) is 0 Å². The van der Waals surface area contributed by atoms with E-state index in [-0.39, 0.29) is 5.82 Å². The van der Waals surface area contributed by atoms with Gasteiger partial charge in [0.25, 0.3) is 0 Å². The van der Waals surface area contributed by atoms with E-state index in [0.717, 1.165) is 13.1 Å². The summed E-state index contributed by atoms with van der Waals surface area (Å²) in [7, 11) is 3.68. The molecule has 0 aromatic carbocycles. The molecule has 0 unspecified atom stereocenters. The molecule has 1 rings (SSSR count). The second-order valence-electron chi connectivity index (χ2n) is 4.24. The van der Waals surface area contributed by atoms with Crippen LogP contribution in [0.1, 0.15) is 23.4 Å². The Bertz CT molecular complexity index is 406. The summed E-state index contributed by atoms with van der Waals surface area (Å²) in [5.41, 5.74) is 0. The predicted octanol–water partition coefficient (Wildman–Crippen LogP) is 0.341. The zero-order valence-electron chi connectivity index (χ0n) is 12.0. The minimum Gasteiger partial charge on any atom is -0.460 e. The maximum atomic E-state index is 11.7. The van der Waals surface area contributed by atoms with E-state index in [0.29, 0.717) is 25.6 Å². The van der Waals surface area contributed by atoms with Crippen LogP contribution in [-0.2, 0) is 16.0 Å². The Morgan fingerprint density at radius 3 is 2.74 bits per heavy atom. The largest absolute Gasteiger partial charge is 0.460 e. The van der Waals surface area contributed by atoms with Gasteiger partial charge in [0.1, 0.15) is 5.82 Å². The van der Waals surface area contributed by atoms with E-state index in [1.165, 1.54) is 0 Å². The van der Waals surface area contributed by atoms with Crippen molar-refractivity contribution in [2.75, 3.05) is 40.5 Å². The quantitative estimate of drug-likeness (QED) is 0.635. The molecule has 0 aliphatic heterocycles. The van der Waals surface area contributed by atoms with Crippen LogP contribution in [0.15, 0.2) is 0 Å². The molecular weight excluding hydrogens is 248 g/mol. The fraction of sp³-hybridized carbons (Fsp3) is 0.750. The van der Waals surface area contributed by atoms with Gasteiger partial charge < -0.3 is 18.9 Å². The first-order valence-electron chi connectivity index (χ1n) is 6.34. The molecule has 0 aliphatic rings. The van der Waals surface area contributed by atoms with E-state index >= 15 is 0 Å². The first kappa shape index (κ1) is 15.6. The van der Waals surface area contributed by atoms with Crippen LogP contribution in [0.2, 0.25) is 0 Å². The number of likely N-dealkylation sites (N-methyl/N-ethyl adjacent to an activating group) is 1. The summed E-state index contributed by atoms with van der Waals surface area (Å²) < 4.78 is 11.8. The number of methoxy groups -OCH3 is 1. The molecular formula is C12H22N4O3. The highest BCUT2D eigenvalue weighted by Crippen LogP contribution is 2.03. The molecule has 0 fully saturated rings. The molecule has 0 saturated carbocycles. The van der Waals surface area contributed by atoms with Crippen LogP contribution < -0.4 is 0 Å². The molecule has 1 aromatic rings. The zero-order valence-corrected chi connectivity index (χ0v) is 12.0. The van der Waals surface area contributed by atoms with Crippen molar-refractivity contribution in [1.82, 2.24) is 19.7 Å². The van der Waals surface area contributed by atoms with Crippen LogP contribution in [0.5, 0.6) is 0 Å². The van der Waals surface area contributed by atoms with Gasteiger partial charge in [-0.2, -0.15) is 0 Å². The van der Waals surface area contributed by atoms with Gasteiger partial charge in [0.15, 0.2) is 0 Å². The number of rotatable bonds is 8. The highest BCUT2D eigenvalue weighted by molar-refractivity contribution is 5.85. The number of nitrogens with zero attached hydrogens (tertiary/aromatic N) is 4. The van der Waals surface area contributed by atoms with Crippen molar-refractivity contribution in [3.63, 3.8) is 0 Å². The van der Waals surface area contributed by atoms with Gasteiger partial charge in [-0.3, -0.25) is 0 Å². The van der Waals surface area contributed by atoms with Gasteiger partial charge in [-0.1, -0.05) is 0 Å². The summed E-state index contributed by atoms with van der Waals surface area (Å²) in [5, 5.41) is 7.80. The van der Waals surface area contributed by atoms with Crippen molar-refractivity contribution in [2.24, 2.45) is 0 Å². The van der Waals surface area contributed by atoms with Gasteiger partial charge in [-0.05, 0) is 20.9 Å². The number of ether oxygens (including phenoxy) is 2. The molecule has 0 N–H and O–H groups in total. The molecule has 19 heavy (non-hydrogen) atoms. The number of hydrogen-bond donors (Lipinski definition) is 0. The molecule has 108 valence electrons. The van der Waals surface area contributed by atoms with Crippen LogP contribution in [0.3, 0.4) is 0 Å². The Hall–Kier alpha value is -1.47. The highest BCUT2D eigenvalue weighted by atomic mass is 16.5. The van der Waals surface area contributed by atoms with Crippen LogP contribution in [0.4, 0.5) is 0 Å². The standard InChI is InChI=1S/C12H22N4O3/c1-5-19-12(17)11-14-13-10(2)16(11)7-6-15(3)8-9-18-4/h5-9H2,1-4H3. The molecule has 7 nitrogen and oxygen atoms in total. The van der Waals surface area contributed by atoms with Crippen molar-refractivity contribution in [1.29, 1.82) is 0 Å². The Balaban J connectivity index is 2.62.